The van der Waals surface area contributed by atoms with Gasteiger partial charge in [0.1, 0.15) is 11.5 Å². The minimum absolute atomic E-state index is 0.573. The van der Waals surface area contributed by atoms with Gasteiger partial charge in [-0.3, -0.25) is 9.97 Å². The zero-order chi connectivity index (χ0) is 28.7. The van der Waals surface area contributed by atoms with Gasteiger partial charge in [-0.05, 0) is 106 Å². The van der Waals surface area contributed by atoms with Crippen molar-refractivity contribution in [2.75, 3.05) is 13.2 Å². The highest BCUT2D eigenvalue weighted by molar-refractivity contribution is 6.10. The van der Waals surface area contributed by atoms with Crippen LogP contribution in [0.25, 0.3) is 57.0 Å². The van der Waals surface area contributed by atoms with Crippen LogP contribution in [0.5, 0.6) is 11.5 Å². The predicted molar refractivity (Wildman–Crippen MR) is 176 cm³/mol. The fraction of sp³-hybridized carbons (Fsp3) is 0.105. The van der Waals surface area contributed by atoms with Crippen molar-refractivity contribution in [3.63, 3.8) is 0 Å². The summed E-state index contributed by atoms with van der Waals surface area (Å²) in [7, 11) is 0. The van der Waals surface area contributed by atoms with Crippen LogP contribution in [-0.2, 0) is 0 Å². The molecule has 0 aliphatic carbocycles. The van der Waals surface area contributed by atoms with Gasteiger partial charge in [-0.1, -0.05) is 60.7 Å². The molecule has 6 rings (SSSR count). The van der Waals surface area contributed by atoms with Crippen LogP contribution in [0.15, 0.2) is 110 Å². The largest absolute Gasteiger partial charge is 0.493 e. The van der Waals surface area contributed by atoms with E-state index in [0.29, 0.717) is 13.2 Å². The van der Waals surface area contributed by atoms with E-state index in [0.717, 1.165) is 66.4 Å². The Morgan fingerprint density at radius 1 is 0.476 bits per heavy atom. The van der Waals surface area contributed by atoms with E-state index in [9.17, 15) is 0 Å². The molecule has 2 heterocycles. The molecular weight excluding hydrogens is 516 g/mol. The summed E-state index contributed by atoms with van der Waals surface area (Å²) >= 11 is 0. The summed E-state index contributed by atoms with van der Waals surface area (Å²) in [6, 6.07) is 29.6. The van der Waals surface area contributed by atoms with E-state index in [1.165, 1.54) is 0 Å². The number of rotatable bonds is 9. The van der Waals surface area contributed by atoms with Crippen LogP contribution in [-0.4, -0.2) is 23.2 Å². The molecule has 0 saturated carbocycles. The third kappa shape index (κ3) is 5.79. The quantitative estimate of drug-likeness (QED) is 0.180. The first kappa shape index (κ1) is 27.0. The number of nitrogens with zero attached hydrogens (tertiary/aromatic N) is 2. The molecule has 4 nitrogen and oxygen atoms in total. The minimum atomic E-state index is 0.573. The predicted octanol–water partition coefficient (Wildman–Crippen LogP) is 9.59. The Morgan fingerprint density at radius 3 is 1.29 bits per heavy atom. The van der Waals surface area contributed by atoms with Gasteiger partial charge in [-0.25, -0.2) is 0 Å². The third-order valence-electron chi connectivity index (χ3n) is 7.21. The standard InChI is InChI=1S/C38H32N2O2/c1-3-41-35-15-11-31-25-29(7-5-27-17-21-39-22-18-27)9-13-33(31)37(35)38-34-14-10-30(8-6-28-19-23-40-24-20-28)26-32(34)12-16-36(38)42-4-2/h5-26H,3-4H2,1-2H3/b7-5-,8-6+. The molecule has 0 radical (unpaired) electrons. The van der Waals surface area contributed by atoms with Crippen molar-refractivity contribution in [2.24, 2.45) is 0 Å². The van der Waals surface area contributed by atoms with Crippen molar-refractivity contribution in [3.05, 3.63) is 132 Å². The van der Waals surface area contributed by atoms with Gasteiger partial charge in [-0.2, -0.15) is 0 Å². The van der Waals surface area contributed by atoms with Crippen molar-refractivity contribution in [1.82, 2.24) is 9.97 Å². The fourth-order valence-electron chi connectivity index (χ4n) is 5.27. The highest BCUT2D eigenvalue weighted by Crippen LogP contribution is 2.46. The van der Waals surface area contributed by atoms with Gasteiger partial charge in [0.2, 0.25) is 0 Å². The average Bonchev–Trinajstić information content (AvgIpc) is 3.04. The van der Waals surface area contributed by atoms with Gasteiger partial charge in [-0.15, -0.1) is 0 Å². The van der Waals surface area contributed by atoms with Crippen molar-refractivity contribution >= 4 is 45.8 Å². The first-order valence-corrected chi connectivity index (χ1v) is 14.3. The normalized spacial score (nSPS) is 11.6. The SMILES string of the molecule is CCOc1ccc2cc(/C=C\c3ccncc3)ccc2c1-c1c(OCC)ccc2cc(/C=C/c3ccncc3)ccc12. The Balaban J connectivity index is 1.49. The summed E-state index contributed by atoms with van der Waals surface area (Å²) in [5.41, 5.74) is 6.58. The molecule has 0 saturated heterocycles. The molecule has 206 valence electrons. The minimum Gasteiger partial charge on any atom is -0.493 e. The molecule has 0 amide bonds. The van der Waals surface area contributed by atoms with Gasteiger partial charge in [0.15, 0.2) is 0 Å². The Bertz CT molecular complexity index is 1750. The molecule has 0 atom stereocenters. The first-order valence-electron chi connectivity index (χ1n) is 14.3. The van der Waals surface area contributed by atoms with Gasteiger partial charge in [0.05, 0.1) is 13.2 Å². The number of hydrogen-bond acceptors (Lipinski definition) is 4. The lowest BCUT2D eigenvalue weighted by Crippen LogP contribution is -1.99. The summed E-state index contributed by atoms with van der Waals surface area (Å²) in [4.78, 5) is 8.22. The lowest BCUT2D eigenvalue weighted by atomic mass is 9.91. The van der Waals surface area contributed by atoms with E-state index in [1.807, 2.05) is 62.9 Å². The second-order valence-electron chi connectivity index (χ2n) is 9.93. The molecule has 42 heavy (non-hydrogen) atoms. The molecule has 4 aromatic carbocycles. The molecule has 0 aliphatic rings. The highest BCUT2D eigenvalue weighted by atomic mass is 16.5. The Hall–Kier alpha value is -5.22. The average molecular weight is 549 g/mol. The molecule has 2 aromatic heterocycles. The lowest BCUT2D eigenvalue weighted by molar-refractivity contribution is 0.337. The van der Waals surface area contributed by atoms with Crippen molar-refractivity contribution < 1.29 is 9.47 Å². The van der Waals surface area contributed by atoms with Crippen LogP contribution in [0.1, 0.15) is 36.1 Å². The molecule has 0 aliphatic heterocycles. The van der Waals surface area contributed by atoms with Gasteiger partial charge >= 0.3 is 0 Å². The Kier molecular flexibility index (Phi) is 8.05. The first-order chi connectivity index (χ1) is 20.7. The zero-order valence-electron chi connectivity index (χ0n) is 23.8. The number of hydrogen-bond donors (Lipinski definition) is 0. The molecule has 0 unspecified atom stereocenters. The molecule has 0 fully saturated rings. The van der Waals surface area contributed by atoms with Crippen LogP contribution in [0.3, 0.4) is 0 Å². The summed E-state index contributed by atoms with van der Waals surface area (Å²) in [5, 5.41) is 4.53. The topological polar surface area (TPSA) is 44.2 Å². The zero-order valence-corrected chi connectivity index (χ0v) is 23.8. The molecule has 0 spiro atoms. The maximum absolute atomic E-state index is 6.24. The van der Waals surface area contributed by atoms with Crippen LogP contribution in [0.2, 0.25) is 0 Å². The number of ether oxygens (including phenoxy) is 2. The lowest BCUT2D eigenvalue weighted by Gasteiger charge is -2.19. The number of pyridine rings is 2. The number of benzene rings is 4. The number of aromatic nitrogens is 2. The summed E-state index contributed by atoms with van der Waals surface area (Å²) in [5.74, 6) is 1.69. The Labute approximate surface area is 246 Å². The van der Waals surface area contributed by atoms with E-state index >= 15 is 0 Å². The van der Waals surface area contributed by atoms with E-state index in [2.05, 4.69) is 94.9 Å². The molecule has 0 N–H and O–H groups in total. The van der Waals surface area contributed by atoms with E-state index in [1.54, 1.807) is 0 Å². The van der Waals surface area contributed by atoms with Gasteiger partial charge in [0, 0.05) is 35.9 Å². The Morgan fingerprint density at radius 2 is 0.881 bits per heavy atom. The second kappa shape index (κ2) is 12.5. The third-order valence-corrected chi connectivity index (χ3v) is 7.21. The monoisotopic (exact) mass is 548 g/mol. The van der Waals surface area contributed by atoms with Crippen molar-refractivity contribution in [1.29, 1.82) is 0 Å². The van der Waals surface area contributed by atoms with Crippen molar-refractivity contribution in [2.45, 2.75) is 13.8 Å². The molecule has 4 heteroatoms. The number of fused-ring (bicyclic) bond motifs is 2. The maximum Gasteiger partial charge on any atom is 0.127 e. The molecule has 0 bridgehead atoms. The van der Waals surface area contributed by atoms with Crippen LogP contribution < -0.4 is 9.47 Å². The fourth-order valence-corrected chi connectivity index (χ4v) is 5.27. The van der Waals surface area contributed by atoms with Crippen molar-refractivity contribution in [3.8, 4) is 22.6 Å². The van der Waals surface area contributed by atoms with Crippen LogP contribution in [0.4, 0.5) is 0 Å². The van der Waals surface area contributed by atoms with E-state index < -0.39 is 0 Å². The summed E-state index contributed by atoms with van der Waals surface area (Å²) in [6.45, 7) is 5.19. The molecular formula is C38H32N2O2. The summed E-state index contributed by atoms with van der Waals surface area (Å²) in [6.07, 6.45) is 15.7. The summed E-state index contributed by atoms with van der Waals surface area (Å²) < 4.78 is 12.5. The molecule has 6 aromatic rings. The second-order valence-corrected chi connectivity index (χ2v) is 9.93. The highest BCUT2D eigenvalue weighted by Gasteiger charge is 2.19. The van der Waals surface area contributed by atoms with Crippen LogP contribution >= 0.6 is 0 Å². The van der Waals surface area contributed by atoms with Gasteiger partial charge < -0.3 is 9.47 Å². The van der Waals surface area contributed by atoms with E-state index in [-0.39, 0.29) is 0 Å². The van der Waals surface area contributed by atoms with Crippen LogP contribution in [0, 0.1) is 0 Å². The smallest absolute Gasteiger partial charge is 0.127 e. The maximum atomic E-state index is 6.24. The van der Waals surface area contributed by atoms with E-state index in [4.69, 9.17) is 9.47 Å². The van der Waals surface area contributed by atoms with Gasteiger partial charge in [0.25, 0.3) is 0 Å².